The molecule has 1 N–H and O–H groups in total. The Balaban J connectivity index is 1.61. The van der Waals surface area contributed by atoms with Crippen LogP contribution in [0.4, 0.5) is 10.1 Å². The Labute approximate surface area is 168 Å². The number of benzene rings is 2. The van der Waals surface area contributed by atoms with Crippen molar-refractivity contribution in [2.45, 2.75) is 6.42 Å². The number of hydrogen-bond donors (Lipinski definition) is 1. The van der Waals surface area contributed by atoms with Crippen LogP contribution < -0.4 is 10.1 Å². The summed E-state index contributed by atoms with van der Waals surface area (Å²) in [5, 5.41) is 12.1. The maximum absolute atomic E-state index is 13.9. The van der Waals surface area contributed by atoms with Crippen LogP contribution in [0.2, 0.25) is 0 Å². The number of anilines is 1. The smallest absolute Gasteiger partial charge is 0.227 e. The molecule has 0 unspecified atom stereocenters. The van der Waals surface area contributed by atoms with Gasteiger partial charge in [0.1, 0.15) is 23.3 Å². The lowest BCUT2D eigenvalue weighted by molar-refractivity contribution is -0.116. The number of hydrogen-bond acceptors (Lipinski definition) is 4. The Morgan fingerprint density at radius 3 is 2.90 bits per heavy atom. The largest absolute Gasteiger partial charge is 0.493 e. The predicted molar refractivity (Wildman–Crippen MR) is 108 cm³/mol. The van der Waals surface area contributed by atoms with Crippen LogP contribution in [0.1, 0.15) is 17.7 Å². The van der Waals surface area contributed by atoms with Crippen molar-refractivity contribution in [2.24, 2.45) is 0 Å². The second-order valence-electron chi connectivity index (χ2n) is 6.00. The third-order valence-electron chi connectivity index (χ3n) is 3.88. The van der Waals surface area contributed by atoms with E-state index in [4.69, 9.17) is 4.74 Å². The SMILES string of the molecule is N#CC(=Cc1cccc(OCCC(=O)Nc2[c]cccc2)c1)c1ncccc1F. The Morgan fingerprint density at radius 1 is 1.24 bits per heavy atom. The minimum absolute atomic E-state index is 0.00397. The van der Waals surface area contributed by atoms with Gasteiger partial charge in [-0.2, -0.15) is 5.26 Å². The Morgan fingerprint density at radius 2 is 2.14 bits per heavy atom. The number of allylic oxidation sites excluding steroid dienone is 1. The summed E-state index contributed by atoms with van der Waals surface area (Å²) in [6, 6.07) is 21.7. The summed E-state index contributed by atoms with van der Waals surface area (Å²) in [6.45, 7) is 0.186. The van der Waals surface area contributed by atoms with Crippen LogP contribution in [-0.4, -0.2) is 17.5 Å². The zero-order valence-electron chi connectivity index (χ0n) is 15.4. The highest BCUT2D eigenvalue weighted by atomic mass is 19.1. The van der Waals surface area contributed by atoms with Crippen molar-refractivity contribution in [3.63, 3.8) is 0 Å². The molecule has 1 amide bonds. The number of nitrogens with zero attached hydrogens (tertiary/aromatic N) is 2. The fourth-order valence-corrected chi connectivity index (χ4v) is 2.54. The number of carbonyl (C=O) groups is 1. The third-order valence-corrected chi connectivity index (χ3v) is 3.88. The van der Waals surface area contributed by atoms with Gasteiger partial charge in [0, 0.05) is 18.0 Å². The lowest BCUT2D eigenvalue weighted by Gasteiger charge is -2.08. The van der Waals surface area contributed by atoms with E-state index in [0.717, 1.165) is 0 Å². The number of ether oxygens (including phenoxy) is 1. The third kappa shape index (κ3) is 5.75. The first-order valence-electron chi connectivity index (χ1n) is 8.88. The van der Waals surface area contributed by atoms with Gasteiger partial charge in [0.15, 0.2) is 0 Å². The van der Waals surface area contributed by atoms with Crippen molar-refractivity contribution in [1.29, 1.82) is 5.26 Å². The summed E-state index contributed by atoms with van der Waals surface area (Å²) in [6.07, 6.45) is 3.14. The van der Waals surface area contributed by atoms with Crippen LogP contribution in [0.3, 0.4) is 0 Å². The molecule has 29 heavy (non-hydrogen) atoms. The number of halogens is 1. The van der Waals surface area contributed by atoms with E-state index < -0.39 is 5.82 Å². The molecule has 0 aliphatic carbocycles. The molecule has 3 aromatic rings. The Kier molecular flexibility index (Phi) is 6.69. The zero-order valence-corrected chi connectivity index (χ0v) is 15.4. The second-order valence-corrected chi connectivity index (χ2v) is 6.00. The van der Waals surface area contributed by atoms with Crippen molar-refractivity contribution in [1.82, 2.24) is 4.98 Å². The molecule has 1 radical (unpaired) electrons. The molecule has 0 atom stereocenters. The number of nitrogens with one attached hydrogen (secondary N) is 1. The molecule has 0 aliphatic heterocycles. The maximum atomic E-state index is 13.9. The van der Waals surface area contributed by atoms with E-state index in [9.17, 15) is 14.4 Å². The molecule has 1 aromatic heterocycles. The lowest BCUT2D eigenvalue weighted by Crippen LogP contribution is -2.15. The van der Waals surface area contributed by atoms with Crippen molar-refractivity contribution in [2.75, 3.05) is 11.9 Å². The first-order chi connectivity index (χ1) is 14.2. The average molecular weight is 386 g/mol. The van der Waals surface area contributed by atoms with Gasteiger partial charge >= 0.3 is 0 Å². The average Bonchev–Trinajstić information content (AvgIpc) is 2.74. The highest BCUT2D eigenvalue weighted by molar-refractivity contribution is 5.90. The van der Waals surface area contributed by atoms with Crippen LogP contribution in [0, 0.1) is 23.2 Å². The van der Waals surface area contributed by atoms with E-state index in [1.807, 2.05) is 18.2 Å². The minimum atomic E-state index is -0.561. The monoisotopic (exact) mass is 386 g/mol. The lowest BCUT2D eigenvalue weighted by atomic mass is 10.1. The second kappa shape index (κ2) is 9.81. The maximum Gasteiger partial charge on any atom is 0.227 e. The van der Waals surface area contributed by atoms with Crippen LogP contribution in [-0.2, 0) is 4.79 Å². The van der Waals surface area contributed by atoms with Gasteiger partial charge in [0.25, 0.3) is 0 Å². The molecule has 5 nitrogen and oxygen atoms in total. The van der Waals surface area contributed by atoms with Gasteiger partial charge in [0.05, 0.1) is 18.6 Å². The molecular weight excluding hydrogens is 369 g/mol. The normalized spacial score (nSPS) is 10.8. The highest BCUT2D eigenvalue weighted by Crippen LogP contribution is 2.21. The van der Waals surface area contributed by atoms with E-state index in [2.05, 4.69) is 16.4 Å². The van der Waals surface area contributed by atoms with Crippen molar-refractivity contribution in [3.05, 3.63) is 90.0 Å². The minimum Gasteiger partial charge on any atom is -0.493 e. The van der Waals surface area contributed by atoms with E-state index in [1.54, 1.807) is 36.4 Å². The first kappa shape index (κ1) is 19.8. The summed E-state index contributed by atoms with van der Waals surface area (Å²) in [5.41, 5.74) is 1.37. The number of amides is 1. The van der Waals surface area contributed by atoms with E-state index in [0.29, 0.717) is 17.0 Å². The quantitative estimate of drug-likeness (QED) is 0.607. The summed E-state index contributed by atoms with van der Waals surface area (Å²) in [5.74, 6) is -0.202. The van der Waals surface area contributed by atoms with Gasteiger partial charge in [-0.05, 0) is 42.0 Å². The molecule has 1 heterocycles. The standard InChI is InChI=1S/C23H17FN3O2/c24-21-10-5-12-26-23(21)18(16-25)14-17-6-4-9-20(15-17)29-13-11-22(28)27-19-7-2-1-3-8-19/h1-7,9-10,12,14-15H,11,13H2,(H,27,28). The summed E-state index contributed by atoms with van der Waals surface area (Å²) < 4.78 is 19.5. The molecule has 0 spiro atoms. The van der Waals surface area contributed by atoms with Gasteiger partial charge < -0.3 is 10.1 Å². The molecule has 143 valence electrons. The van der Waals surface area contributed by atoms with Crippen LogP contribution >= 0.6 is 0 Å². The topological polar surface area (TPSA) is 75.0 Å². The molecule has 0 saturated heterocycles. The molecule has 0 saturated carbocycles. The van der Waals surface area contributed by atoms with E-state index in [1.165, 1.54) is 24.4 Å². The number of nitriles is 1. The Hall–Kier alpha value is -3.98. The molecule has 3 rings (SSSR count). The van der Waals surface area contributed by atoms with Gasteiger partial charge in [-0.15, -0.1) is 0 Å². The molecule has 0 aliphatic rings. The number of rotatable bonds is 7. The number of pyridine rings is 1. The Bertz CT molecular complexity index is 1060. The van der Waals surface area contributed by atoms with E-state index in [-0.39, 0.29) is 30.2 Å². The fraction of sp³-hybridized carbons (Fsp3) is 0.0870. The summed E-state index contributed by atoms with van der Waals surface area (Å²) in [4.78, 5) is 15.9. The molecule has 6 heteroatoms. The first-order valence-corrected chi connectivity index (χ1v) is 8.88. The molecule has 2 aromatic carbocycles. The number of carbonyl (C=O) groups excluding carboxylic acids is 1. The molecule has 0 bridgehead atoms. The van der Waals surface area contributed by atoms with Crippen LogP contribution in [0.5, 0.6) is 5.75 Å². The van der Waals surface area contributed by atoms with Gasteiger partial charge in [-0.25, -0.2) is 4.39 Å². The van der Waals surface area contributed by atoms with Gasteiger partial charge in [0.2, 0.25) is 5.91 Å². The summed E-state index contributed by atoms with van der Waals surface area (Å²) >= 11 is 0. The molecular formula is C23H17FN3O2. The predicted octanol–water partition coefficient (Wildman–Crippen LogP) is 4.49. The van der Waals surface area contributed by atoms with Crippen LogP contribution in [0.15, 0.2) is 66.9 Å². The van der Waals surface area contributed by atoms with Crippen molar-refractivity contribution in [3.8, 4) is 11.8 Å². The summed E-state index contributed by atoms with van der Waals surface area (Å²) in [7, 11) is 0. The number of para-hydroxylation sites is 1. The fourth-order valence-electron chi connectivity index (χ4n) is 2.54. The zero-order chi connectivity index (χ0) is 20.5. The van der Waals surface area contributed by atoms with Crippen molar-refractivity contribution < 1.29 is 13.9 Å². The van der Waals surface area contributed by atoms with Gasteiger partial charge in [-0.1, -0.05) is 30.3 Å². The van der Waals surface area contributed by atoms with Crippen LogP contribution in [0.25, 0.3) is 11.6 Å². The van der Waals surface area contributed by atoms with Gasteiger partial charge in [-0.3, -0.25) is 9.78 Å². The highest BCUT2D eigenvalue weighted by Gasteiger charge is 2.09. The van der Waals surface area contributed by atoms with E-state index >= 15 is 0 Å². The number of aromatic nitrogens is 1. The molecule has 0 fully saturated rings. The van der Waals surface area contributed by atoms with Crippen molar-refractivity contribution >= 4 is 23.2 Å².